The van der Waals surface area contributed by atoms with Gasteiger partial charge in [0.25, 0.3) is 0 Å². The normalized spacial score (nSPS) is 11.2. The third-order valence-corrected chi connectivity index (χ3v) is 1.32. The van der Waals surface area contributed by atoms with Gasteiger partial charge in [0.05, 0.1) is 0 Å². The summed E-state index contributed by atoms with van der Waals surface area (Å²) in [4.78, 5) is 10.2. The Hall–Kier alpha value is -0.417. The molecule has 0 aromatic rings. The molecule has 13 heavy (non-hydrogen) atoms. The van der Waals surface area contributed by atoms with Crippen LogP contribution in [-0.4, -0.2) is 29.6 Å². The Balaban J connectivity index is 0. The van der Waals surface area contributed by atoms with Crippen molar-refractivity contribution in [3.63, 3.8) is 0 Å². The summed E-state index contributed by atoms with van der Waals surface area (Å²) in [5.41, 5.74) is 10.2. The minimum Gasteiger partial charge on any atom is -0.480 e. The Morgan fingerprint density at radius 2 is 2.15 bits per heavy atom. The standard InChI is InChI=1S/C6H14N4O2.Zr/c7-4(5(11)12)2-1-3-10-6(8)9;/h4H,1-3,7H2,(H,11,12)(H4,8,9,10);/t4-;/m0./s1. The van der Waals surface area contributed by atoms with Crippen molar-refractivity contribution in [1.82, 2.24) is 5.32 Å². The molecular weight excluding hydrogens is 251 g/mol. The SMILES string of the molecule is N=C(N)NCCC[C@H](N)C(=O)O.[Zr]. The summed E-state index contributed by atoms with van der Waals surface area (Å²) < 4.78 is 0. The zero-order valence-electron chi connectivity index (χ0n) is 7.21. The second kappa shape index (κ2) is 8.19. The van der Waals surface area contributed by atoms with Gasteiger partial charge in [-0.25, -0.2) is 0 Å². The van der Waals surface area contributed by atoms with Gasteiger partial charge in [-0.2, -0.15) is 0 Å². The van der Waals surface area contributed by atoms with Gasteiger partial charge in [-0.05, 0) is 12.8 Å². The van der Waals surface area contributed by atoms with Crippen LogP contribution in [0, 0.1) is 5.41 Å². The number of guanidine groups is 1. The zero-order valence-corrected chi connectivity index (χ0v) is 9.67. The summed E-state index contributed by atoms with van der Waals surface area (Å²) in [7, 11) is 0. The van der Waals surface area contributed by atoms with Crippen LogP contribution in [0.2, 0.25) is 0 Å². The molecule has 0 rings (SSSR count). The van der Waals surface area contributed by atoms with E-state index in [0.717, 1.165) is 0 Å². The molecule has 0 aliphatic heterocycles. The van der Waals surface area contributed by atoms with E-state index in [9.17, 15) is 4.79 Å². The van der Waals surface area contributed by atoms with Crippen molar-refractivity contribution >= 4 is 11.9 Å². The molecule has 0 bridgehead atoms. The van der Waals surface area contributed by atoms with Crippen LogP contribution in [0.5, 0.6) is 0 Å². The van der Waals surface area contributed by atoms with Gasteiger partial charge in [0.1, 0.15) is 6.04 Å². The second-order valence-electron chi connectivity index (χ2n) is 2.43. The van der Waals surface area contributed by atoms with Crippen LogP contribution < -0.4 is 16.8 Å². The number of carboxylic acids is 1. The van der Waals surface area contributed by atoms with Crippen LogP contribution in [0.15, 0.2) is 0 Å². The maximum Gasteiger partial charge on any atom is 0.320 e. The van der Waals surface area contributed by atoms with Gasteiger partial charge in [0.2, 0.25) is 0 Å². The summed E-state index contributed by atoms with van der Waals surface area (Å²) in [6.07, 6.45) is 0.975. The van der Waals surface area contributed by atoms with Crippen LogP contribution >= 0.6 is 0 Å². The topological polar surface area (TPSA) is 125 Å². The van der Waals surface area contributed by atoms with Crippen molar-refractivity contribution in [1.29, 1.82) is 5.41 Å². The molecule has 0 aromatic heterocycles. The fourth-order valence-electron chi connectivity index (χ4n) is 0.669. The molecule has 1 atom stereocenters. The van der Waals surface area contributed by atoms with Gasteiger partial charge in [0, 0.05) is 32.7 Å². The summed E-state index contributed by atoms with van der Waals surface area (Å²) in [5, 5.41) is 17.7. The molecule has 74 valence electrons. The van der Waals surface area contributed by atoms with E-state index in [1.165, 1.54) is 0 Å². The summed E-state index contributed by atoms with van der Waals surface area (Å²) >= 11 is 0. The molecular formula is C6H14N4O2Zr. The van der Waals surface area contributed by atoms with Gasteiger partial charge in [-0.15, -0.1) is 0 Å². The first kappa shape index (κ1) is 15.1. The van der Waals surface area contributed by atoms with E-state index >= 15 is 0 Å². The minimum atomic E-state index is -1.00. The first-order valence-corrected chi connectivity index (χ1v) is 3.60. The predicted molar refractivity (Wildman–Crippen MR) is 44.8 cm³/mol. The number of nitrogens with one attached hydrogen (secondary N) is 2. The number of rotatable bonds is 5. The molecule has 0 spiro atoms. The molecule has 0 aromatic carbocycles. The molecule has 0 saturated heterocycles. The molecule has 0 unspecified atom stereocenters. The number of hydrogen-bond acceptors (Lipinski definition) is 3. The molecule has 7 N–H and O–H groups in total. The molecule has 6 nitrogen and oxygen atoms in total. The number of carboxylic acid groups (broad SMARTS) is 1. The zero-order chi connectivity index (χ0) is 9.56. The monoisotopic (exact) mass is 264 g/mol. The maximum absolute atomic E-state index is 10.2. The average molecular weight is 265 g/mol. The predicted octanol–water partition coefficient (Wildman–Crippen LogP) is -1.34. The Labute approximate surface area is 95.7 Å². The van der Waals surface area contributed by atoms with E-state index in [-0.39, 0.29) is 32.2 Å². The van der Waals surface area contributed by atoms with E-state index < -0.39 is 12.0 Å². The van der Waals surface area contributed by atoms with Crippen LogP contribution in [0.25, 0.3) is 0 Å². The van der Waals surface area contributed by atoms with Crippen molar-refractivity contribution in [2.24, 2.45) is 11.5 Å². The Bertz CT molecular complexity index is 176. The van der Waals surface area contributed by atoms with E-state index in [4.69, 9.17) is 22.0 Å². The van der Waals surface area contributed by atoms with E-state index in [1.54, 1.807) is 0 Å². The molecule has 0 aliphatic carbocycles. The maximum atomic E-state index is 10.2. The van der Waals surface area contributed by atoms with Gasteiger partial charge >= 0.3 is 5.97 Å². The quantitative estimate of drug-likeness (QED) is 0.239. The van der Waals surface area contributed by atoms with Gasteiger partial charge < -0.3 is 21.9 Å². The minimum absolute atomic E-state index is 0. The van der Waals surface area contributed by atoms with Gasteiger partial charge in [0.15, 0.2) is 5.96 Å². The number of nitrogens with two attached hydrogens (primary N) is 2. The van der Waals surface area contributed by atoms with E-state index in [0.29, 0.717) is 19.4 Å². The van der Waals surface area contributed by atoms with Gasteiger partial charge in [-0.3, -0.25) is 10.2 Å². The first-order valence-electron chi connectivity index (χ1n) is 3.60. The van der Waals surface area contributed by atoms with Crippen LogP contribution in [0.4, 0.5) is 0 Å². The van der Waals surface area contributed by atoms with E-state index in [2.05, 4.69) is 5.32 Å². The van der Waals surface area contributed by atoms with Crippen LogP contribution in [-0.2, 0) is 31.0 Å². The summed E-state index contributed by atoms with van der Waals surface area (Å²) in [5.74, 6) is -1.11. The summed E-state index contributed by atoms with van der Waals surface area (Å²) in [6, 6.07) is -0.821. The molecule has 0 fully saturated rings. The fraction of sp³-hybridized carbons (Fsp3) is 0.667. The molecule has 0 amide bonds. The van der Waals surface area contributed by atoms with Crippen LogP contribution in [0.3, 0.4) is 0 Å². The van der Waals surface area contributed by atoms with E-state index in [1.807, 2.05) is 0 Å². The summed E-state index contributed by atoms with van der Waals surface area (Å²) in [6.45, 7) is 0.482. The van der Waals surface area contributed by atoms with Gasteiger partial charge in [-0.1, -0.05) is 0 Å². The second-order valence-corrected chi connectivity index (χ2v) is 2.43. The van der Waals surface area contributed by atoms with Crippen molar-refractivity contribution in [3.8, 4) is 0 Å². The van der Waals surface area contributed by atoms with Crippen molar-refractivity contribution < 1.29 is 36.1 Å². The number of carbonyl (C=O) groups is 1. The first-order chi connectivity index (χ1) is 5.54. The van der Waals surface area contributed by atoms with Crippen molar-refractivity contribution in [3.05, 3.63) is 0 Å². The third-order valence-electron chi connectivity index (χ3n) is 1.32. The fourth-order valence-corrected chi connectivity index (χ4v) is 0.669. The largest absolute Gasteiger partial charge is 0.480 e. The number of hydrogen-bond donors (Lipinski definition) is 5. The smallest absolute Gasteiger partial charge is 0.320 e. The molecule has 0 heterocycles. The Morgan fingerprint density at radius 3 is 2.54 bits per heavy atom. The Morgan fingerprint density at radius 1 is 1.62 bits per heavy atom. The Kier molecular flexibility index (Phi) is 9.50. The molecule has 0 saturated carbocycles. The van der Waals surface area contributed by atoms with Crippen molar-refractivity contribution in [2.45, 2.75) is 18.9 Å². The molecule has 0 radical (unpaired) electrons. The molecule has 0 aliphatic rings. The third kappa shape index (κ3) is 9.50. The average Bonchev–Trinajstić information content (AvgIpc) is 1.97. The molecule has 7 heteroatoms. The number of aliphatic carboxylic acids is 1. The van der Waals surface area contributed by atoms with Crippen molar-refractivity contribution in [2.75, 3.05) is 6.54 Å². The van der Waals surface area contributed by atoms with Crippen LogP contribution in [0.1, 0.15) is 12.8 Å².